The summed E-state index contributed by atoms with van der Waals surface area (Å²) in [5, 5.41) is 13.8. The quantitative estimate of drug-likeness (QED) is 0.703. The molecule has 0 aliphatic heterocycles. The molecular weight excluding hydrogens is 276 g/mol. The summed E-state index contributed by atoms with van der Waals surface area (Å²) < 4.78 is 5.00. The number of amides is 2. The number of nitrogens with zero attached hydrogens (tertiary/aromatic N) is 2. The number of hydrogen-bond acceptors (Lipinski definition) is 5. The Balaban J connectivity index is 2.46. The Morgan fingerprint density at radius 1 is 1.43 bits per heavy atom. The largest absolute Gasteiger partial charge is 0.481 e. The van der Waals surface area contributed by atoms with Gasteiger partial charge in [0.1, 0.15) is 0 Å². The fourth-order valence-electron chi connectivity index (χ4n) is 1.69. The van der Waals surface area contributed by atoms with Crippen molar-refractivity contribution in [1.29, 1.82) is 0 Å². The molecule has 1 atom stereocenters. The van der Waals surface area contributed by atoms with Crippen molar-refractivity contribution in [3.05, 3.63) is 11.8 Å². The van der Waals surface area contributed by atoms with Crippen molar-refractivity contribution in [1.82, 2.24) is 15.3 Å². The van der Waals surface area contributed by atoms with Crippen molar-refractivity contribution in [3.63, 3.8) is 0 Å². The summed E-state index contributed by atoms with van der Waals surface area (Å²) in [6.45, 7) is 3.57. The molecule has 21 heavy (non-hydrogen) atoms. The van der Waals surface area contributed by atoms with E-state index in [1.165, 1.54) is 7.11 Å². The van der Waals surface area contributed by atoms with Gasteiger partial charge in [-0.2, -0.15) is 4.98 Å². The third-order valence-corrected chi connectivity index (χ3v) is 2.67. The first-order valence-electron chi connectivity index (χ1n) is 6.59. The number of carbonyl (C=O) groups excluding carboxylic acids is 1. The molecule has 0 aromatic carbocycles. The van der Waals surface area contributed by atoms with Crippen LogP contribution in [-0.4, -0.2) is 40.2 Å². The molecular formula is C13H20N4O4. The molecule has 0 radical (unpaired) electrons. The van der Waals surface area contributed by atoms with Crippen LogP contribution in [-0.2, 0) is 4.79 Å². The number of carboxylic acid groups (broad SMARTS) is 1. The zero-order valence-electron chi connectivity index (χ0n) is 12.3. The molecule has 1 rings (SSSR count). The Kier molecular flexibility index (Phi) is 6.38. The molecule has 8 nitrogen and oxygen atoms in total. The maximum Gasteiger partial charge on any atom is 0.321 e. The molecule has 2 amide bonds. The van der Waals surface area contributed by atoms with Crippen LogP contribution in [0.3, 0.4) is 0 Å². The van der Waals surface area contributed by atoms with Gasteiger partial charge in [0.25, 0.3) is 0 Å². The van der Waals surface area contributed by atoms with Gasteiger partial charge in [-0.3, -0.25) is 10.1 Å². The molecule has 1 aromatic heterocycles. The summed E-state index contributed by atoms with van der Waals surface area (Å²) in [4.78, 5) is 30.3. The fourth-order valence-corrected chi connectivity index (χ4v) is 1.69. The number of carbonyl (C=O) groups is 2. The van der Waals surface area contributed by atoms with Gasteiger partial charge < -0.3 is 15.2 Å². The summed E-state index contributed by atoms with van der Waals surface area (Å²) in [6.07, 6.45) is 1.18. The molecule has 1 aromatic rings. The number of nitrogens with one attached hydrogen (secondary N) is 2. The lowest BCUT2D eigenvalue weighted by Gasteiger charge is -2.13. The SMILES string of the molecule is COc1cc(C)nc(NC(=O)NC(C)CCCC(=O)O)n1. The zero-order valence-corrected chi connectivity index (χ0v) is 12.3. The second-order valence-corrected chi connectivity index (χ2v) is 4.66. The number of aryl methyl sites for hydroxylation is 1. The Morgan fingerprint density at radius 2 is 2.14 bits per heavy atom. The third-order valence-electron chi connectivity index (χ3n) is 2.67. The van der Waals surface area contributed by atoms with Crippen molar-refractivity contribution in [3.8, 4) is 5.88 Å². The summed E-state index contributed by atoms with van der Waals surface area (Å²) >= 11 is 0. The van der Waals surface area contributed by atoms with Gasteiger partial charge in [0.05, 0.1) is 7.11 Å². The number of aliphatic carboxylic acids is 1. The highest BCUT2D eigenvalue weighted by Crippen LogP contribution is 2.11. The van der Waals surface area contributed by atoms with E-state index >= 15 is 0 Å². The monoisotopic (exact) mass is 296 g/mol. The van der Waals surface area contributed by atoms with Crippen molar-refractivity contribution in [2.45, 2.75) is 39.2 Å². The number of urea groups is 1. The van der Waals surface area contributed by atoms with E-state index in [1.54, 1.807) is 19.9 Å². The predicted octanol–water partition coefficient (Wildman–Crippen LogP) is 1.56. The maximum atomic E-state index is 11.8. The van der Waals surface area contributed by atoms with Crippen LogP contribution in [0.25, 0.3) is 0 Å². The molecule has 0 bridgehead atoms. The number of aromatic nitrogens is 2. The zero-order chi connectivity index (χ0) is 15.8. The lowest BCUT2D eigenvalue weighted by Crippen LogP contribution is -2.36. The van der Waals surface area contributed by atoms with E-state index in [9.17, 15) is 9.59 Å². The van der Waals surface area contributed by atoms with Crippen LogP contribution in [0, 0.1) is 6.92 Å². The Hall–Kier alpha value is -2.38. The van der Waals surface area contributed by atoms with Crippen LogP contribution in [0.4, 0.5) is 10.7 Å². The summed E-state index contributed by atoms with van der Waals surface area (Å²) in [6, 6.07) is 1.07. The van der Waals surface area contributed by atoms with Crippen molar-refractivity contribution < 1.29 is 19.4 Å². The minimum absolute atomic E-state index is 0.0891. The molecule has 0 aliphatic rings. The van der Waals surface area contributed by atoms with E-state index in [2.05, 4.69) is 20.6 Å². The number of carboxylic acids is 1. The van der Waals surface area contributed by atoms with Gasteiger partial charge in [0, 0.05) is 24.2 Å². The van der Waals surface area contributed by atoms with E-state index in [4.69, 9.17) is 9.84 Å². The van der Waals surface area contributed by atoms with Gasteiger partial charge in [-0.15, -0.1) is 0 Å². The first-order valence-corrected chi connectivity index (χ1v) is 6.59. The number of anilines is 1. The van der Waals surface area contributed by atoms with Crippen LogP contribution in [0.1, 0.15) is 31.9 Å². The molecule has 1 unspecified atom stereocenters. The molecule has 0 aliphatic carbocycles. The number of ether oxygens (including phenoxy) is 1. The minimum atomic E-state index is -0.841. The van der Waals surface area contributed by atoms with Gasteiger partial charge in [-0.05, 0) is 26.7 Å². The molecule has 8 heteroatoms. The second-order valence-electron chi connectivity index (χ2n) is 4.66. The summed E-state index contributed by atoms with van der Waals surface area (Å²) in [7, 11) is 1.48. The number of rotatable bonds is 7. The molecule has 1 heterocycles. The van der Waals surface area contributed by atoms with E-state index in [-0.39, 0.29) is 18.4 Å². The van der Waals surface area contributed by atoms with Gasteiger partial charge in [-0.25, -0.2) is 9.78 Å². The number of hydrogen-bond donors (Lipinski definition) is 3. The summed E-state index contributed by atoms with van der Waals surface area (Å²) in [5.41, 5.74) is 0.673. The lowest BCUT2D eigenvalue weighted by molar-refractivity contribution is -0.137. The average Bonchev–Trinajstić information content (AvgIpc) is 2.36. The van der Waals surface area contributed by atoms with Crippen molar-refractivity contribution in [2.24, 2.45) is 0 Å². The van der Waals surface area contributed by atoms with Gasteiger partial charge in [-0.1, -0.05) is 0 Å². The highest BCUT2D eigenvalue weighted by molar-refractivity contribution is 5.87. The van der Waals surface area contributed by atoms with E-state index in [0.717, 1.165) is 0 Å². The standard InChI is InChI=1S/C13H20N4O4/c1-8(5-4-6-11(18)19)15-13(20)17-12-14-9(2)7-10(16-12)21-3/h7-8H,4-6H2,1-3H3,(H,18,19)(H2,14,15,16,17,20). The smallest absolute Gasteiger partial charge is 0.321 e. The first-order chi connectivity index (χ1) is 9.90. The van der Waals surface area contributed by atoms with Crippen LogP contribution in [0.2, 0.25) is 0 Å². The highest BCUT2D eigenvalue weighted by Gasteiger charge is 2.10. The lowest BCUT2D eigenvalue weighted by atomic mass is 10.1. The Bertz CT molecular complexity index is 507. The molecule has 116 valence electrons. The molecule has 0 saturated carbocycles. The predicted molar refractivity (Wildman–Crippen MR) is 76.4 cm³/mol. The van der Waals surface area contributed by atoms with Crippen molar-refractivity contribution >= 4 is 17.9 Å². The van der Waals surface area contributed by atoms with Gasteiger partial charge >= 0.3 is 12.0 Å². The van der Waals surface area contributed by atoms with Crippen LogP contribution in [0.5, 0.6) is 5.88 Å². The average molecular weight is 296 g/mol. The molecule has 3 N–H and O–H groups in total. The van der Waals surface area contributed by atoms with Crippen molar-refractivity contribution in [2.75, 3.05) is 12.4 Å². The van der Waals surface area contributed by atoms with Crippen LogP contribution < -0.4 is 15.4 Å². The molecule has 0 saturated heterocycles. The Labute approximate surface area is 122 Å². The third kappa shape index (κ3) is 6.55. The topological polar surface area (TPSA) is 113 Å². The van der Waals surface area contributed by atoms with Crippen LogP contribution in [0.15, 0.2) is 6.07 Å². The van der Waals surface area contributed by atoms with E-state index in [0.29, 0.717) is 24.4 Å². The van der Waals surface area contributed by atoms with E-state index < -0.39 is 12.0 Å². The van der Waals surface area contributed by atoms with Gasteiger partial charge in [0.15, 0.2) is 0 Å². The normalized spacial score (nSPS) is 11.6. The second kappa shape index (κ2) is 8.03. The minimum Gasteiger partial charge on any atom is -0.481 e. The highest BCUT2D eigenvalue weighted by atomic mass is 16.5. The van der Waals surface area contributed by atoms with E-state index in [1.807, 2.05) is 0 Å². The summed E-state index contributed by atoms with van der Waals surface area (Å²) in [5.74, 6) is -0.318. The number of methoxy groups -OCH3 is 1. The Morgan fingerprint density at radius 3 is 2.76 bits per heavy atom. The fraction of sp³-hybridized carbons (Fsp3) is 0.538. The van der Waals surface area contributed by atoms with Gasteiger partial charge in [0.2, 0.25) is 11.8 Å². The molecule has 0 spiro atoms. The molecule has 0 fully saturated rings. The van der Waals surface area contributed by atoms with Crippen LogP contribution >= 0.6 is 0 Å². The maximum absolute atomic E-state index is 11.8. The first kappa shape index (κ1) is 16.7.